The molecule has 1 atom stereocenters. The van der Waals surface area contributed by atoms with Crippen LogP contribution in [0, 0.1) is 5.92 Å². The highest BCUT2D eigenvalue weighted by Crippen LogP contribution is 2.27. The lowest BCUT2D eigenvalue weighted by Crippen LogP contribution is -2.30. The lowest BCUT2D eigenvalue weighted by Gasteiger charge is -2.23. The molecule has 0 radical (unpaired) electrons. The smallest absolute Gasteiger partial charge is 0.0948 e. The summed E-state index contributed by atoms with van der Waals surface area (Å²) in [5.74, 6) is 0.977. The second kappa shape index (κ2) is 6.53. The van der Waals surface area contributed by atoms with Crippen molar-refractivity contribution in [2.24, 2.45) is 11.7 Å². The van der Waals surface area contributed by atoms with Crippen LogP contribution in [-0.4, -0.2) is 40.1 Å². The van der Waals surface area contributed by atoms with Crippen molar-refractivity contribution in [2.75, 3.05) is 19.6 Å². The molecule has 108 valence electrons. The van der Waals surface area contributed by atoms with Gasteiger partial charge in [0, 0.05) is 43.5 Å². The van der Waals surface area contributed by atoms with Crippen molar-refractivity contribution in [3.05, 3.63) is 18.2 Å². The molecule has 1 fully saturated rings. The van der Waals surface area contributed by atoms with Crippen molar-refractivity contribution < 1.29 is 0 Å². The fraction of sp³-hybridized carbons (Fsp3) is 0.800. The van der Waals surface area contributed by atoms with Gasteiger partial charge in [-0.2, -0.15) is 0 Å². The number of hydrogen-bond donors (Lipinski definition) is 1. The Balaban J connectivity index is 1.98. The zero-order valence-corrected chi connectivity index (χ0v) is 12.5. The SMILES string of the molecule is CCN(CCn1cncc1C(CN)C(C)C)C1CC1. The lowest BCUT2D eigenvalue weighted by atomic mass is 9.93. The summed E-state index contributed by atoms with van der Waals surface area (Å²) in [6.45, 7) is 10.7. The van der Waals surface area contributed by atoms with Crippen molar-refractivity contribution in [3.8, 4) is 0 Å². The van der Waals surface area contributed by atoms with Crippen molar-refractivity contribution >= 4 is 0 Å². The highest BCUT2D eigenvalue weighted by Gasteiger charge is 2.27. The topological polar surface area (TPSA) is 47.1 Å². The first-order valence-electron chi connectivity index (χ1n) is 7.61. The summed E-state index contributed by atoms with van der Waals surface area (Å²) in [5.41, 5.74) is 7.22. The Morgan fingerprint density at radius 3 is 2.74 bits per heavy atom. The number of aromatic nitrogens is 2. The van der Waals surface area contributed by atoms with Gasteiger partial charge in [0.25, 0.3) is 0 Å². The van der Waals surface area contributed by atoms with Crippen LogP contribution in [0.5, 0.6) is 0 Å². The molecule has 19 heavy (non-hydrogen) atoms. The first-order valence-corrected chi connectivity index (χ1v) is 7.61. The van der Waals surface area contributed by atoms with Gasteiger partial charge in [-0.25, -0.2) is 4.98 Å². The van der Waals surface area contributed by atoms with E-state index in [9.17, 15) is 0 Å². The van der Waals surface area contributed by atoms with Crippen LogP contribution in [0.4, 0.5) is 0 Å². The molecular formula is C15H28N4. The first-order chi connectivity index (χ1) is 9.17. The zero-order valence-electron chi connectivity index (χ0n) is 12.5. The Bertz CT molecular complexity index is 381. The van der Waals surface area contributed by atoms with Crippen molar-refractivity contribution in [2.45, 2.75) is 52.1 Å². The molecule has 1 aromatic rings. The van der Waals surface area contributed by atoms with Gasteiger partial charge in [0.2, 0.25) is 0 Å². The Kier molecular flexibility index (Phi) is 4.99. The number of hydrogen-bond acceptors (Lipinski definition) is 3. The van der Waals surface area contributed by atoms with Crippen molar-refractivity contribution in [3.63, 3.8) is 0 Å². The van der Waals surface area contributed by atoms with Gasteiger partial charge in [-0.3, -0.25) is 4.90 Å². The second-order valence-corrected chi connectivity index (χ2v) is 5.96. The van der Waals surface area contributed by atoms with E-state index in [1.807, 2.05) is 12.5 Å². The minimum Gasteiger partial charge on any atom is -0.333 e. The van der Waals surface area contributed by atoms with E-state index in [0.717, 1.165) is 25.7 Å². The van der Waals surface area contributed by atoms with Crippen LogP contribution in [0.25, 0.3) is 0 Å². The monoisotopic (exact) mass is 264 g/mol. The summed E-state index contributed by atoms with van der Waals surface area (Å²) in [6.07, 6.45) is 6.70. The minimum absolute atomic E-state index is 0.415. The van der Waals surface area contributed by atoms with Gasteiger partial charge in [-0.05, 0) is 25.3 Å². The van der Waals surface area contributed by atoms with Gasteiger partial charge >= 0.3 is 0 Å². The number of likely N-dealkylation sites (N-methyl/N-ethyl adjacent to an activating group) is 1. The van der Waals surface area contributed by atoms with Crippen molar-refractivity contribution in [1.29, 1.82) is 0 Å². The molecule has 1 aliphatic carbocycles. The maximum absolute atomic E-state index is 5.92. The van der Waals surface area contributed by atoms with Gasteiger partial charge in [-0.15, -0.1) is 0 Å². The highest BCUT2D eigenvalue weighted by atomic mass is 15.2. The molecular weight excluding hydrogens is 236 g/mol. The predicted octanol–water partition coefficient (Wildman–Crippen LogP) is 2.07. The summed E-state index contributed by atoms with van der Waals surface area (Å²) < 4.78 is 2.29. The Morgan fingerprint density at radius 2 is 2.21 bits per heavy atom. The van der Waals surface area contributed by atoms with Gasteiger partial charge in [0.05, 0.1) is 6.33 Å². The van der Waals surface area contributed by atoms with Gasteiger partial charge in [0.1, 0.15) is 0 Å². The van der Waals surface area contributed by atoms with Crippen LogP contribution in [0.3, 0.4) is 0 Å². The van der Waals surface area contributed by atoms with E-state index in [0.29, 0.717) is 18.4 Å². The molecule has 4 heteroatoms. The number of nitrogens with two attached hydrogens (primary N) is 1. The average Bonchev–Trinajstić information content (AvgIpc) is 3.12. The van der Waals surface area contributed by atoms with E-state index in [-0.39, 0.29) is 0 Å². The molecule has 0 bridgehead atoms. The zero-order chi connectivity index (χ0) is 13.8. The molecule has 1 aliphatic rings. The molecule has 2 rings (SSSR count). The quantitative estimate of drug-likeness (QED) is 0.782. The molecule has 1 saturated carbocycles. The molecule has 1 aromatic heterocycles. The van der Waals surface area contributed by atoms with Crippen LogP contribution in [0.2, 0.25) is 0 Å². The molecule has 4 nitrogen and oxygen atoms in total. The van der Waals surface area contributed by atoms with E-state index in [1.54, 1.807) is 0 Å². The van der Waals surface area contributed by atoms with Crippen LogP contribution in [-0.2, 0) is 6.54 Å². The minimum atomic E-state index is 0.415. The molecule has 0 spiro atoms. The van der Waals surface area contributed by atoms with Gasteiger partial charge in [0.15, 0.2) is 0 Å². The molecule has 0 aliphatic heterocycles. The van der Waals surface area contributed by atoms with E-state index in [1.165, 1.54) is 18.5 Å². The predicted molar refractivity (Wildman–Crippen MR) is 79.1 cm³/mol. The molecule has 1 unspecified atom stereocenters. The molecule has 1 heterocycles. The fourth-order valence-corrected chi connectivity index (χ4v) is 2.84. The normalized spacial score (nSPS) is 17.4. The van der Waals surface area contributed by atoms with Crippen LogP contribution in [0.15, 0.2) is 12.5 Å². The first kappa shape index (κ1) is 14.5. The average molecular weight is 264 g/mol. The van der Waals surface area contributed by atoms with Crippen LogP contribution >= 0.6 is 0 Å². The molecule has 0 aromatic carbocycles. The van der Waals surface area contributed by atoms with E-state index in [4.69, 9.17) is 5.73 Å². The van der Waals surface area contributed by atoms with Crippen LogP contribution in [0.1, 0.15) is 45.2 Å². The van der Waals surface area contributed by atoms with Crippen molar-refractivity contribution in [1.82, 2.24) is 14.5 Å². The Labute approximate surface area is 117 Å². The lowest BCUT2D eigenvalue weighted by molar-refractivity contribution is 0.263. The Hall–Kier alpha value is -0.870. The standard InChI is InChI=1S/C15H28N4/c1-4-18(13-5-6-13)7-8-19-11-17-10-15(19)14(9-16)12(2)3/h10-14H,4-9,16H2,1-3H3. The fourth-order valence-electron chi connectivity index (χ4n) is 2.84. The van der Waals surface area contributed by atoms with E-state index >= 15 is 0 Å². The summed E-state index contributed by atoms with van der Waals surface area (Å²) in [7, 11) is 0. The molecule has 0 saturated heterocycles. The largest absolute Gasteiger partial charge is 0.333 e. The summed E-state index contributed by atoms with van der Waals surface area (Å²) >= 11 is 0. The third kappa shape index (κ3) is 3.57. The van der Waals surface area contributed by atoms with Gasteiger partial charge in [-0.1, -0.05) is 20.8 Å². The second-order valence-electron chi connectivity index (χ2n) is 5.96. The van der Waals surface area contributed by atoms with E-state index in [2.05, 4.69) is 35.2 Å². The third-order valence-corrected chi connectivity index (χ3v) is 4.28. The maximum Gasteiger partial charge on any atom is 0.0948 e. The summed E-state index contributed by atoms with van der Waals surface area (Å²) in [4.78, 5) is 6.91. The summed E-state index contributed by atoms with van der Waals surface area (Å²) in [5, 5.41) is 0. The number of nitrogens with zero attached hydrogens (tertiary/aromatic N) is 3. The number of imidazole rings is 1. The molecule has 2 N–H and O–H groups in total. The maximum atomic E-state index is 5.92. The van der Waals surface area contributed by atoms with Crippen LogP contribution < -0.4 is 5.73 Å². The van der Waals surface area contributed by atoms with Gasteiger partial charge < -0.3 is 10.3 Å². The third-order valence-electron chi connectivity index (χ3n) is 4.28. The summed E-state index contributed by atoms with van der Waals surface area (Å²) in [6, 6.07) is 0.840. The number of rotatable bonds is 8. The Morgan fingerprint density at radius 1 is 1.47 bits per heavy atom. The van der Waals surface area contributed by atoms with E-state index < -0.39 is 0 Å². The molecule has 0 amide bonds. The highest BCUT2D eigenvalue weighted by molar-refractivity contribution is 5.08.